The minimum Gasteiger partial charge on any atom is -0.473 e. The molecule has 28 heavy (non-hydrogen) atoms. The number of carbonyl (C=O) groups is 3. The molecule has 1 fully saturated rings. The van der Waals surface area contributed by atoms with Crippen LogP contribution < -0.4 is 5.32 Å². The maximum absolute atomic E-state index is 12.4. The number of anilines is 1. The highest BCUT2D eigenvalue weighted by molar-refractivity contribution is 9.10. The lowest BCUT2D eigenvalue weighted by molar-refractivity contribution is -0.159. The van der Waals surface area contributed by atoms with Gasteiger partial charge in [-0.15, -0.1) is 0 Å². The molecule has 1 heterocycles. The first-order chi connectivity index (χ1) is 13.4. The van der Waals surface area contributed by atoms with Gasteiger partial charge in [-0.3, -0.25) is 4.79 Å². The number of rotatable bonds is 3. The van der Waals surface area contributed by atoms with Crippen LogP contribution in [0.3, 0.4) is 0 Å². The number of carbonyl (C=O) groups excluding carboxylic acids is 1. The van der Waals surface area contributed by atoms with Crippen LogP contribution in [0.1, 0.15) is 23.2 Å². The Hall–Kier alpha value is -2.87. The van der Waals surface area contributed by atoms with Crippen molar-refractivity contribution in [2.75, 3.05) is 18.4 Å². The van der Waals surface area contributed by atoms with Crippen molar-refractivity contribution in [3.05, 3.63) is 64.6 Å². The van der Waals surface area contributed by atoms with Gasteiger partial charge in [0.2, 0.25) is 0 Å². The summed E-state index contributed by atoms with van der Waals surface area (Å²) in [4.78, 5) is 32.6. The quantitative estimate of drug-likeness (QED) is 0.621. The van der Waals surface area contributed by atoms with Gasteiger partial charge < -0.3 is 20.4 Å². The second-order valence-corrected chi connectivity index (χ2v) is 7.11. The average molecular weight is 449 g/mol. The highest BCUT2D eigenvalue weighted by Gasteiger charge is 2.23. The fraction of sp³-hybridized carbons (Fsp3) is 0.250. The lowest BCUT2D eigenvalue weighted by atomic mass is 10.0. The lowest BCUT2D eigenvalue weighted by Gasteiger charge is -2.33. The van der Waals surface area contributed by atoms with E-state index < -0.39 is 11.9 Å². The van der Waals surface area contributed by atoms with Crippen LogP contribution in [0.4, 0.5) is 5.69 Å². The summed E-state index contributed by atoms with van der Waals surface area (Å²) in [7, 11) is 0. The molecule has 2 aromatic carbocycles. The molecule has 8 heteroatoms. The predicted molar refractivity (Wildman–Crippen MR) is 108 cm³/mol. The molecule has 0 atom stereocenters. The first kappa shape index (κ1) is 21.4. The van der Waals surface area contributed by atoms with Crippen LogP contribution in [0.15, 0.2) is 59.1 Å². The molecule has 1 aliphatic rings. The number of nitrogens with zero attached hydrogens (tertiary/aromatic N) is 1. The van der Waals surface area contributed by atoms with Crippen molar-refractivity contribution < 1.29 is 24.6 Å². The number of carboxylic acids is 2. The molecule has 0 aromatic heterocycles. The third-order valence-electron chi connectivity index (χ3n) is 4.20. The number of piperidine rings is 1. The summed E-state index contributed by atoms with van der Waals surface area (Å²) < 4.78 is 1.08. The number of hydrogen-bond donors (Lipinski definition) is 3. The molecule has 1 amide bonds. The summed E-state index contributed by atoms with van der Waals surface area (Å²) in [6.07, 6.45) is 1.96. The van der Waals surface area contributed by atoms with Gasteiger partial charge in [0.05, 0.1) is 0 Å². The van der Waals surface area contributed by atoms with Crippen molar-refractivity contribution in [3.8, 4) is 0 Å². The van der Waals surface area contributed by atoms with Crippen molar-refractivity contribution in [2.24, 2.45) is 0 Å². The second kappa shape index (κ2) is 10.5. The number of hydrogen-bond acceptors (Lipinski definition) is 4. The average Bonchev–Trinajstić information content (AvgIpc) is 2.71. The number of benzene rings is 2. The first-order valence-electron chi connectivity index (χ1n) is 8.69. The van der Waals surface area contributed by atoms with E-state index >= 15 is 0 Å². The van der Waals surface area contributed by atoms with Crippen LogP contribution in [0.5, 0.6) is 0 Å². The molecule has 0 radical (unpaired) electrons. The molecule has 3 N–H and O–H groups in total. The van der Waals surface area contributed by atoms with Gasteiger partial charge in [0.15, 0.2) is 0 Å². The molecule has 0 unspecified atom stereocenters. The first-order valence-corrected chi connectivity index (χ1v) is 9.48. The van der Waals surface area contributed by atoms with E-state index in [1.54, 1.807) is 0 Å². The SMILES string of the molecule is O=C(O)C(=O)O.O=C(c1ccccc1)N1CCC(Nc2ccc(Br)cc2)CC1. The Labute approximate surface area is 171 Å². The minimum absolute atomic E-state index is 0.141. The molecular formula is C20H21BrN2O5. The monoisotopic (exact) mass is 448 g/mol. The van der Waals surface area contributed by atoms with Gasteiger partial charge in [-0.25, -0.2) is 9.59 Å². The van der Waals surface area contributed by atoms with Crippen LogP contribution in [0, 0.1) is 0 Å². The Balaban J connectivity index is 0.000000409. The molecule has 3 rings (SSSR count). The van der Waals surface area contributed by atoms with Gasteiger partial charge in [-0.1, -0.05) is 34.1 Å². The van der Waals surface area contributed by atoms with Gasteiger partial charge in [0.1, 0.15) is 0 Å². The van der Waals surface area contributed by atoms with E-state index in [9.17, 15) is 4.79 Å². The van der Waals surface area contributed by atoms with Gasteiger partial charge >= 0.3 is 11.9 Å². The topological polar surface area (TPSA) is 107 Å². The molecular weight excluding hydrogens is 428 g/mol. The summed E-state index contributed by atoms with van der Waals surface area (Å²) in [6, 6.07) is 18.2. The number of nitrogens with one attached hydrogen (secondary N) is 1. The normalized spacial score (nSPS) is 13.8. The number of aliphatic carboxylic acids is 2. The largest absolute Gasteiger partial charge is 0.473 e. The second-order valence-electron chi connectivity index (χ2n) is 6.19. The molecule has 0 saturated carbocycles. The van der Waals surface area contributed by atoms with Crippen LogP contribution in [0.2, 0.25) is 0 Å². The summed E-state index contributed by atoms with van der Waals surface area (Å²) in [6.45, 7) is 1.61. The summed E-state index contributed by atoms with van der Waals surface area (Å²) in [5, 5.41) is 18.3. The van der Waals surface area contributed by atoms with Crippen molar-refractivity contribution >= 4 is 39.5 Å². The summed E-state index contributed by atoms with van der Waals surface area (Å²) >= 11 is 3.44. The zero-order chi connectivity index (χ0) is 20.5. The summed E-state index contributed by atoms with van der Waals surface area (Å²) in [5.74, 6) is -3.51. The van der Waals surface area contributed by atoms with E-state index in [2.05, 4.69) is 33.4 Å². The molecule has 1 aliphatic heterocycles. The van der Waals surface area contributed by atoms with Gasteiger partial charge in [-0.05, 0) is 49.2 Å². The third-order valence-corrected chi connectivity index (χ3v) is 4.73. The molecule has 2 aromatic rings. The maximum Gasteiger partial charge on any atom is 0.414 e. The fourth-order valence-corrected chi connectivity index (χ4v) is 3.04. The fourth-order valence-electron chi connectivity index (χ4n) is 2.77. The molecule has 7 nitrogen and oxygen atoms in total. The Kier molecular flexibility index (Phi) is 8.01. The summed E-state index contributed by atoms with van der Waals surface area (Å²) in [5.41, 5.74) is 1.91. The highest BCUT2D eigenvalue weighted by Crippen LogP contribution is 2.20. The minimum atomic E-state index is -1.82. The maximum atomic E-state index is 12.4. The van der Waals surface area contributed by atoms with Gasteiger partial charge in [0.25, 0.3) is 5.91 Å². The molecule has 0 aliphatic carbocycles. The van der Waals surface area contributed by atoms with Gasteiger partial charge in [-0.2, -0.15) is 0 Å². The number of carboxylic acid groups (broad SMARTS) is 2. The van der Waals surface area contributed by atoms with E-state index in [0.29, 0.717) is 6.04 Å². The molecule has 0 spiro atoms. The Morgan fingerprint density at radius 2 is 1.43 bits per heavy atom. The Bertz CT molecular complexity index is 791. The highest BCUT2D eigenvalue weighted by atomic mass is 79.9. The van der Waals surface area contributed by atoms with E-state index in [1.807, 2.05) is 47.4 Å². The van der Waals surface area contributed by atoms with E-state index in [4.69, 9.17) is 19.8 Å². The van der Waals surface area contributed by atoms with E-state index in [-0.39, 0.29) is 5.91 Å². The zero-order valence-corrected chi connectivity index (χ0v) is 16.6. The molecule has 0 bridgehead atoms. The van der Waals surface area contributed by atoms with E-state index in [1.165, 1.54) is 0 Å². The van der Waals surface area contributed by atoms with Crippen molar-refractivity contribution in [3.63, 3.8) is 0 Å². The standard InChI is InChI=1S/C18H19BrN2O.C2H2O4/c19-15-6-8-16(9-7-15)20-17-10-12-21(13-11-17)18(22)14-4-2-1-3-5-14;3-1(4)2(5)6/h1-9,17,20H,10-13H2;(H,3,4)(H,5,6). The zero-order valence-electron chi connectivity index (χ0n) is 15.0. The third kappa shape index (κ3) is 6.70. The van der Waals surface area contributed by atoms with Crippen LogP contribution in [-0.2, 0) is 9.59 Å². The van der Waals surface area contributed by atoms with Crippen molar-refractivity contribution in [2.45, 2.75) is 18.9 Å². The van der Waals surface area contributed by atoms with Crippen molar-refractivity contribution in [1.29, 1.82) is 0 Å². The van der Waals surface area contributed by atoms with Crippen LogP contribution >= 0.6 is 15.9 Å². The van der Waals surface area contributed by atoms with Crippen LogP contribution in [-0.4, -0.2) is 52.1 Å². The van der Waals surface area contributed by atoms with E-state index in [0.717, 1.165) is 41.7 Å². The number of amides is 1. The Morgan fingerprint density at radius 3 is 1.93 bits per heavy atom. The number of halogens is 1. The predicted octanol–water partition coefficient (Wildman–Crippen LogP) is 3.32. The molecule has 148 valence electrons. The number of likely N-dealkylation sites (tertiary alicyclic amines) is 1. The Morgan fingerprint density at radius 1 is 0.893 bits per heavy atom. The smallest absolute Gasteiger partial charge is 0.414 e. The van der Waals surface area contributed by atoms with Crippen molar-refractivity contribution in [1.82, 2.24) is 4.90 Å². The lowest BCUT2D eigenvalue weighted by Crippen LogP contribution is -2.42. The van der Waals surface area contributed by atoms with Crippen LogP contribution in [0.25, 0.3) is 0 Å². The van der Waals surface area contributed by atoms with Gasteiger partial charge in [0, 0.05) is 34.9 Å². The molecule has 1 saturated heterocycles.